The number of rotatable bonds is 9. The lowest BCUT2D eigenvalue weighted by Crippen LogP contribution is -2.64. The molecule has 0 aliphatic carbocycles. The maximum atomic E-state index is 12.5. The lowest BCUT2D eigenvalue weighted by Gasteiger charge is -2.46. The Morgan fingerprint density at radius 2 is 2.04 bits per heavy atom. The number of carbonyl (C=O) groups is 3. The molecule has 1 amide bonds. The Morgan fingerprint density at radius 3 is 2.54 bits per heavy atom. The Bertz CT molecular complexity index is 621. The number of β-lactam (4-membered cyclic amide) rings is 1. The van der Waals surface area contributed by atoms with E-state index < -0.39 is 46.0 Å². The first-order valence-electron chi connectivity index (χ1n) is 8.51. The van der Waals surface area contributed by atoms with E-state index in [0.29, 0.717) is 6.42 Å². The van der Waals surface area contributed by atoms with Gasteiger partial charge in [-0.25, -0.2) is 0 Å². The van der Waals surface area contributed by atoms with E-state index in [0.717, 1.165) is 11.8 Å². The average molecular weight is 383 g/mol. The Labute approximate surface area is 157 Å². The molecule has 26 heavy (non-hydrogen) atoms. The molecule has 8 heteroatoms. The predicted octanol–water partition coefficient (Wildman–Crippen LogP) is 1.42. The smallest absolute Gasteiger partial charge is 0.322 e. The van der Waals surface area contributed by atoms with Gasteiger partial charge in [0.1, 0.15) is 11.4 Å². The van der Waals surface area contributed by atoms with E-state index in [4.69, 9.17) is 4.74 Å². The monoisotopic (exact) mass is 383 g/mol. The lowest BCUT2D eigenvalue weighted by molar-refractivity contribution is -0.161. The summed E-state index contributed by atoms with van der Waals surface area (Å²) in [6.45, 7) is 10.4. The standard InChI is InChI=1S/C18H25NO6S/c1-5-7-12-18(17(23)24,9-10(3)16(22)25-8-6-2)26-15-13(11(4)20)14(21)19(12)15/h5-6,10-13,15,20H,1-2,7-9H2,3-4H3,(H,23,24)/t10?,11?,12?,13?,15-,18?/m1/s1. The second-order valence-electron chi connectivity index (χ2n) is 6.78. The molecule has 0 saturated carbocycles. The van der Waals surface area contributed by atoms with Gasteiger partial charge in [0, 0.05) is 0 Å². The van der Waals surface area contributed by atoms with Crippen molar-refractivity contribution in [1.82, 2.24) is 4.90 Å². The van der Waals surface area contributed by atoms with Gasteiger partial charge in [-0.1, -0.05) is 25.7 Å². The summed E-state index contributed by atoms with van der Waals surface area (Å²) >= 11 is 1.14. The number of carbonyl (C=O) groups excluding carboxylic acids is 2. The normalized spacial score (nSPS) is 32.2. The highest BCUT2D eigenvalue weighted by atomic mass is 32.2. The summed E-state index contributed by atoms with van der Waals surface area (Å²) in [5.74, 6) is -3.13. The molecule has 7 nitrogen and oxygen atoms in total. The van der Waals surface area contributed by atoms with Crippen LogP contribution < -0.4 is 0 Å². The van der Waals surface area contributed by atoms with Crippen molar-refractivity contribution in [2.45, 2.75) is 49.0 Å². The van der Waals surface area contributed by atoms with Crippen molar-refractivity contribution in [3.63, 3.8) is 0 Å². The Morgan fingerprint density at radius 1 is 1.38 bits per heavy atom. The summed E-state index contributed by atoms with van der Waals surface area (Å²) in [5.41, 5.74) is 0. The number of nitrogens with zero attached hydrogens (tertiary/aromatic N) is 1. The maximum absolute atomic E-state index is 12.5. The van der Waals surface area contributed by atoms with Gasteiger partial charge in [0.25, 0.3) is 0 Å². The predicted molar refractivity (Wildman–Crippen MR) is 97.3 cm³/mol. The molecule has 5 unspecified atom stereocenters. The van der Waals surface area contributed by atoms with Crippen LogP contribution in [0, 0.1) is 11.8 Å². The highest BCUT2D eigenvalue weighted by molar-refractivity contribution is 8.02. The largest absolute Gasteiger partial charge is 0.480 e. The van der Waals surface area contributed by atoms with E-state index in [-0.39, 0.29) is 18.9 Å². The molecule has 144 valence electrons. The van der Waals surface area contributed by atoms with Gasteiger partial charge in [-0.2, -0.15) is 0 Å². The van der Waals surface area contributed by atoms with Gasteiger partial charge >= 0.3 is 11.9 Å². The molecule has 2 saturated heterocycles. The number of esters is 1. The minimum Gasteiger partial charge on any atom is -0.480 e. The number of aliphatic hydroxyl groups excluding tert-OH is 1. The van der Waals surface area contributed by atoms with Crippen LogP contribution in [-0.4, -0.2) is 61.8 Å². The number of carboxylic acids is 1. The molecular weight excluding hydrogens is 358 g/mol. The summed E-state index contributed by atoms with van der Waals surface area (Å²) in [4.78, 5) is 38.4. The Hall–Kier alpha value is -1.80. The van der Waals surface area contributed by atoms with Gasteiger partial charge in [-0.15, -0.1) is 18.3 Å². The molecule has 2 fully saturated rings. The maximum Gasteiger partial charge on any atom is 0.322 e. The number of ether oxygens (including phenoxy) is 1. The third-order valence-electron chi connectivity index (χ3n) is 4.95. The quantitative estimate of drug-likeness (QED) is 0.352. The number of fused-ring (bicyclic) bond motifs is 1. The molecule has 0 spiro atoms. The molecule has 0 radical (unpaired) electrons. The van der Waals surface area contributed by atoms with E-state index >= 15 is 0 Å². The zero-order valence-electron chi connectivity index (χ0n) is 15.0. The Balaban J connectivity index is 2.31. The topological polar surface area (TPSA) is 104 Å². The van der Waals surface area contributed by atoms with Gasteiger partial charge < -0.3 is 19.8 Å². The molecule has 2 rings (SSSR count). The van der Waals surface area contributed by atoms with Crippen molar-refractivity contribution >= 4 is 29.6 Å². The summed E-state index contributed by atoms with van der Waals surface area (Å²) in [5, 5.41) is 19.5. The van der Waals surface area contributed by atoms with Crippen LogP contribution in [0.1, 0.15) is 26.7 Å². The van der Waals surface area contributed by atoms with Crippen molar-refractivity contribution < 1.29 is 29.3 Å². The van der Waals surface area contributed by atoms with Crippen LogP contribution in [0.3, 0.4) is 0 Å². The number of amides is 1. The van der Waals surface area contributed by atoms with Crippen LogP contribution in [0.15, 0.2) is 25.3 Å². The second-order valence-corrected chi connectivity index (χ2v) is 8.23. The van der Waals surface area contributed by atoms with Gasteiger partial charge in [-0.3, -0.25) is 14.4 Å². The highest BCUT2D eigenvalue weighted by Crippen LogP contribution is 2.57. The van der Waals surface area contributed by atoms with Crippen LogP contribution in [0.4, 0.5) is 0 Å². The average Bonchev–Trinajstić information content (AvgIpc) is 2.83. The summed E-state index contributed by atoms with van der Waals surface area (Å²) in [7, 11) is 0. The third kappa shape index (κ3) is 3.27. The first-order valence-corrected chi connectivity index (χ1v) is 9.39. The van der Waals surface area contributed by atoms with E-state index in [1.807, 2.05) is 0 Å². The van der Waals surface area contributed by atoms with Crippen molar-refractivity contribution in [3.05, 3.63) is 25.3 Å². The summed E-state index contributed by atoms with van der Waals surface area (Å²) in [6.07, 6.45) is 2.48. The van der Waals surface area contributed by atoms with Crippen LogP contribution in [0.25, 0.3) is 0 Å². The number of aliphatic hydroxyl groups is 1. The molecule has 2 aliphatic heterocycles. The molecule has 2 aliphatic rings. The summed E-state index contributed by atoms with van der Waals surface area (Å²) < 4.78 is 3.68. The molecule has 0 aromatic carbocycles. The van der Waals surface area contributed by atoms with E-state index in [1.165, 1.54) is 17.9 Å². The minimum absolute atomic E-state index is 0.0221. The van der Waals surface area contributed by atoms with Gasteiger partial charge in [0.2, 0.25) is 5.91 Å². The Kier molecular flexibility index (Phi) is 6.18. The number of hydrogen-bond acceptors (Lipinski definition) is 6. The number of hydrogen-bond donors (Lipinski definition) is 2. The fraction of sp³-hybridized carbons (Fsp3) is 0.611. The van der Waals surface area contributed by atoms with E-state index in [1.54, 1.807) is 13.0 Å². The zero-order chi connectivity index (χ0) is 19.6. The molecule has 2 heterocycles. The molecule has 2 N–H and O–H groups in total. The number of carboxylic acid groups (broad SMARTS) is 1. The number of thioether (sulfide) groups is 1. The fourth-order valence-electron chi connectivity index (χ4n) is 3.68. The van der Waals surface area contributed by atoms with Crippen LogP contribution in [0.2, 0.25) is 0 Å². The van der Waals surface area contributed by atoms with E-state index in [9.17, 15) is 24.6 Å². The minimum atomic E-state index is -1.36. The van der Waals surface area contributed by atoms with Crippen molar-refractivity contribution in [1.29, 1.82) is 0 Å². The third-order valence-corrected chi connectivity index (χ3v) is 6.75. The highest BCUT2D eigenvalue weighted by Gasteiger charge is 2.67. The van der Waals surface area contributed by atoms with Crippen LogP contribution in [-0.2, 0) is 19.1 Å². The first-order chi connectivity index (χ1) is 12.2. The molecule has 0 aromatic heterocycles. The fourth-order valence-corrected chi connectivity index (χ4v) is 5.78. The molecule has 0 bridgehead atoms. The number of aliphatic carboxylic acids is 1. The van der Waals surface area contributed by atoms with Gasteiger partial charge in [0.05, 0.1) is 29.4 Å². The second kappa shape index (κ2) is 7.84. The van der Waals surface area contributed by atoms with E-state index in [2.05, 4.69) is 13.2 Å². The lowest BCUT2D eigenvalue weighted by atomic mass is 9.82. The SMILES string of the molecule is C=CCOC(=O)C(C)CC1(C(=O)O)S[C@@H]2C(C(C)O)C(=O)N2C1CC=C. The van der Waals surface area contributed by atoms with Crippen molar-refractivity contribution in [2.75, 3.05) is 6.61 Å². The van der Waals surface area contributed by atoms with Crippen LogP contribution in [0.5, 0.6) is 0 Å². The van der Waals surface area contributed by atoms with Crippen LogP contribution >= 0.6 is 11.8 Å². The van der Waals surface area contributed by atoms with Gasteiger partial charge in [-0.05, 0) is 19.8 Å². The van der Waals surface area contributed by atoms with Gasteiger partial charge in [0.15, 0.2) is 0 Å². The summed E-state index contributed by atoms with van der Waals surface area (Å²) in [6, 6.07) is -0.621. The molecule has 6 atom stereocenters. The van der Waals surface area contributed by atoms with Crippen molar-refractivity contribution in [2.24, 2.45) is 11.8 Å². The van der Waals surface area contributed by atoms with Crippen molar-refractivity contribution in [3.8, 4) is 0 Å². The first kappa shape index (κ1) is 20.5. The molecule has 0 aromatic rings. The molecular formula is C18H25NO6S. The zero-order valence-corrected chi connectivity index (χ0v) is 15.8.